The number of aliphatic hydroxyl groups is 2. The molecule has 0 heterocycles. The van der Waals surface area contributed by atoms with Gasteiger partial charge in [-0.15, -0.1) is 0 Å². The van der Waals surface area contributed by atoms with Crippen molar-refractivity contribution >= 4 is 9.84 Å². The van der Waals surface area contributed by atoms with E-state index >= 15 is 0 Å². The van der Waals surface area contributed by atoms with E-state index in [0.29, 0.717) is 29.6 Å². The first-order valence-corrected chi connectivity index (χ1v) is 17.8. The summed E-state index contributed by atoms with van der Waals surface area (Å²) in [7, 11) is -3.52. The van der Waals surface area contributed by atoms with Crippen LogP contribution < -0.4 is 0 Å². The smallest absolute Gasteiger partial charge is 0.181 e. The SMILES string of the molecule is CC.CC(C)(C)C(O)CC(CC[C@H]1CCC2C3CC=C4CC(O)CCC4C3CCC21C)S(=O)(=O)c1ccccc1. The maximum Gasteiger partial charge on any atom is 0.181 e. The number of hydrogen-bond acceptors (Lipinski definition) is 4. The van der Waals surface area contributed by atoms with E-state index in [1.54, 1.807) is 24.3 Å². The van der Waals surface area contributed by atoms with Crippen LogP contribution in [0.1, 0.15) is 112 Å². The number of allylic oxidation sites excluding steroid dienone is 1. The van der Waals surface area contributed by atoms with E-state index in [4.69, 9.17) is 0 Å². The first-order chi connectivity index (χ1) is 18.9. The zero-order valence-corrected chi connectivity index (χ0v) is 26.8. The lowest BCUT2D eigenvalue weighted by molar-refractivity contribution is -0.0202. The minimum Gasteiger partial charge on any atom is -0.393 e. The molecule has 0 bridgehead atoms. The average Bonchev–Trinajstić information content (AvgIpc) is 3.27. The Bertz CT molecular complexity index is 1100. The molecule has 2 N–H and O–H groups in total. The highest BCUT2D eigenvalue weighted by Crippen LogP contribution is 2.64. The maximum absolute atomic E-state index is 13.8. The van der Waals surface area contributed by atoms with Gasteiger partial charge < -0.3 is 10.2 Å². The number of hydrogen-bond donors (Lipinski definition) is 2. The normalized spacial score (nSPS) is 35.2. The van der Waals surface area contributed by atoms with Crippen molar-refractivity contribution in [3.63, 3.8) is 0 Å². The second-order valence-electron chi connectivity index (χ2n) is 14.5. The standard InChI is InChI=1S/C33H50O4S.C2H6/c1-32(2,3)31(35)21-26(38(36,37)25-8-6-5-7-9-25)14-11-23-12-17-30-29-15-10-22-20-24(34)13-16-27(22)28(29)18-19-33(23,30)4;1-2/h5-10,23-24,26-31,34-35H,11-21H2,1-4H3;1-2H3/t23-,24?,26?,27?,28?,29?,30?,31?,33?;/m0./s1. The highest BCUT2D eigenvalue weighted by atomic mass is 32.2. The summed E-state index contributed by atoms with van der Waals surface area (Å²) in [5, 5.41) is 20.6. The van der Waals surface area contributed by atoms with Crippen LogP contribution in [0, 0.1) is 40.4 Å². The molecule has 0 spiro atoms. The first kappa shape index (κ1) is 31.8. The van der Waals surface area contributed by atoms with Gasteiger partial charge in [0.1, 0.15) is 0 Å². The van der Waals surface area contributed by atoms with Crippen molar-refractivity contribution in [1.29, 1.82) is 0 Å². The van der Waals surface area contributed by atoms with Crippen LogP contribution in [0.2, 0.25) is 0 Å². The molecule has 5 heteroatoms. The molecule has 4 aliphatic carbocycles. The molecule has 1 aromatic carbocycles. The van der Waals surface area contributed by atoms with Gasteiger partial charge in [-0.2, -0.15) is 0 Å². The van der Waals surface area contributed by atoms with E-state index in [9.17, 15) is 18.6 Å². The van der Waals surface area contributed by atoms with Crippen molar-refractivity contribution in [2.75, 3.05) is 0 Å². The topological polar surface area (TPSA) is 74.6 Å². The minimum absolute atomic E-state index is 0.143. The van der Waals surface area contributed by atoms with E-state index in [2.05, 4.69) is 13.0 Å². The molecule has 40 heavy (non-hydrogen) atoms. The Morgan fingerprint density at radius 2 is 1.70 bits per heavy atom. The lowest BCUT2D eigenvalue weighted by Gasteiger charge is -2.54. The molecule has 0 aliphatic heterocycles. The van der Waals surface area contributed by atoms with E-state index in [1.807, 2.05) is 40.7 Å². The van der Waals surface area contributed by atoms with Gasteiger partial charge in [0.25, 0.3) is 0 Å². The van der Waals surface area contributed by atoms with Crippen LogP contribution in [-0.4, -0.2) is 36.1 Å². The highest BCUT2D eigenvalue weighted by molar-refractivity contribution is 7.92. The van der Waals surface area contributed by atoms with Crippen LogP contribution in [0.15, 0.2) is 46.9 Å². The Morgan fingerprint density at radius 3 is 2.38 bits per heavy atom. The quantitative estimate of drug-likeness (QED) is 0.325. The third-order valence-corrected chi connectivity index (χ3v) is 13.7. The predicted octanol–water partition coefficient (Wildman–Crippen LogP) is 7.98. The molecule has 0 saturated heterocycles. The van der Waals surface area contributed by atoms with E-state index < -0.39 is 21.2 Å². The van der Waals surface area contributed by atoms with Crippen LogP contribution in [-0.2, 0) is 9.84 Å². The minimum atomic E-state index is -3.52. The molecular weight excluding hydrogens is 516 g/mol. The van der Waals surface area contributed by atoms with Gasteiger partial charge in [-0.1, -0.05) is 71.4 Å². The Labute approximate surface area is 245 Å². The number of aliphatic hydroxyl groups excluding tert-OH is 2. The van der Waals surface area contributed by atoms with Crippen LogP contribution in [0.25, 0.3) is 0 Å². The molecule has 3 fully saturated rings. The second-order valence-corrected chi connectivity index (χ2v) is 16.7. The molecule has 4 aliphatic rings. The van der Waals surface area contributed by atoms with Crippen LogP contribution in [0.4, 0.5) is 0 Å². The Hall–Kier alpha value is -1.17. The molecule has 0 radical (unpaired) electrons. The van der Waals surface area contributed by atoms with Gasteiger partial charge in [-0.25, -0.2) is 8.42 Å². The molecule has 0 aromatic heterocycles. The van der Waals surface area contributed by atoms with Crippen LogP contribution in [0.5, 0.6) is 0 Å². The maximum atomic E-state index is 13.8. The van der Waals surface area contributed by atoms with E-state index in [0.717, 1.165) is 43.4 Å². The van der Waals surface area contributed by atoms with E-state index in [1.165, 1.54) is 37.7 Å². The molecule has 0 amide bonds. The summed E-state index contributed by atoms with van der Waals surface area (Å²) in [6, 6.07) is 8.85. The van der Waals surface area contributed by atoms with Crippen molar-refractivity contribution in [3.05, 3.63) is 42.0 Å². The molecule has 4 nitrogen and oxygen atoms in total. The summed E-state index contributed by atoms with van der Waals surface area (Å²) in [6.07, 6.45) is 12.7. The Morgan fingerprint density at radius 1 is 1.00 bits per heavy atom. The van der Waals surface area contributed by atoms with Gasteiger partial charge in [-0.3, -0.25) is 0 Å². The van der Waals surface area contributed by atoms with Crippen molar-refractivity contribution < 1.29 is 18.6 Å². The number of fused-ring (bicyclic) bond motifs is 5. The third-order valence-electron chi connectivity index (χ3n) is 11.4. The van der Waals surface area contributed by atoms with Crippen molar-refractivity contribution in [2.24, 2.45) is 40.4 Å². The second kappa shape index (κ2) is 12.6. The molecule has 3 saturated carbocycles. The van der Waals surface area contributed by atoms with Gasteiger partial charge in [-0.05, 0) is 123 Å². The monoisotopic (exact) mass is 572 g/mol. The fourth-order valence-electron chi connectivity index (χ4n) is 9.02. The van der Waals surface area contributed by atoms with Gasteiger partial charge in [0.15, 0.2) is 9.84 Å². The first-order valence-electron chi connectivity index (χ1n) is 16.2. The molecule has 8 unspecified atom stereocenters. The summed E-state index contributed by atoms with van der Waals surface area (Å²) in [5.41, 5.74) is 1.47. The summed E-state index contributed by atoms with van der Waals surface area (Å²) in [6.45, 7) is 12.5. The summed E-state index contributed by atoms with van der Waals surface area (Å²) in [5.74, 6) is 3.47. The lowest BCUT2D eigenvalue weighted by Crippen LogP contribution is -2.46. The van der Waals surface area contributed by atoms with Crippen molar-refractivity contribution in [3.8, 4) is 0 Å². The fourth-order valence-corrected chi connectivity index (χ4v) is 10.8. The van der Waals surface area contributed by atoms with Gasteiger partial charge in [0, 0.05) is 0 Å². The van der Waals surface area contributed by atoms with Gasteiger partial charge >= 0.3 is 0 Å². The van der Waals surface area contributed by atoms with Crippen molar-refractivity contribution in [1.82, 2.24) is 0 Å². The molecule has 5 rings (SSSR count). The Kier molecular flexibility index (Phi) is 10.00. The Balaban J connectivity index is 0.00000181. The van der Waals surface area contributed by atoms with Gasteiger partial charge in [0.2, 0.25) is 0 Å². The third kappa shape index (κ3) is 6.27. The highest BCUT2D eigenvalue weighted by Gasteiger charge is 2.55. The molecule has 226 valence electrons. The molecular formula is C35H56O4S. The zero-order chi connectivity index (χ0) is 29.3. The average molecular weight is 573 g/mol. The van der Waals surface area contributed by atoms with Gasteiger partial charge in [0.05, 0.1) is 22.4 Å². The summed E-state index contributed by atoms with van der Waals surface area (Å²) < 4.78 is 27.5. The summed E-state index contributed by atoms with van der Waals surface area (Å²) >= 11 is 0. The number of sulfone groups is 1. The van der Waals surface area contributed by atoms with Crippen molar-refractivity contribution in [2.45, 2.75) is 135 Å². The number of rotatable bonds is 7. The molecule has 9 atom stereocenters. The predicted molar refractivity (Wildman–Crippen MR) is 165 cm³/mol. The largest absolute Gasteiger partial charge is 0.393 e. The lowest BCUT2D eigenvalue weighted by atomic mass is 9.51. The van der Waals surface area contributed by atoms with Crippen LogP contribution in [0.3, 0.4) is 0 Å². The van der Waals surface area contributed by atoms with Crippen LogP contribution >= 0.6 is 0 Å². The van der Waals surface area contributed by atoms with E-state index in [-0.39, 0.29) is 16.9 Å². The zero-order valence-electron chi connectivity index (χ0n) is 26.0. The summed E-state index contributed by atoms with van der Waals surface area (Å²) in [4.78, 5) is 0.379. The fraction of sp³-hybridized carbons (Fsp3) is 0.771. The molecule has 1 aromatic rings. The number of benzene rings is 1.